The first-order valence-electron chi connectivity index (χ1n) is 4.50. The molecule has 5 nitrogen and oxygen atoms in total. The van der Waals surface area contributed by atoms with Gasteiger partial charge in [-0.15, -0.1) is 0 Å². The zero-order valence-electron chi connectivity index (χ0n) is 8.72. The van der Waals surface area contributed by atoms with Crippen LogP contribution in [0.15, 0.2) is 12.1 Å². The fourth-order valence-corrected chi connectivity index (χ4v) is 1.23. The van der Waals surface area contributed by atoms with Crippen molar-refractivity contribution in [3.63, 3.8) is 0 Å². The van der Waals surface area contributed by atoms with Crippen molar-refractivity contribution < 1.29 is 33.6 Å². The van der Waals surface area contributed by atoms with E-state index in [0.717, 1.165) is 7.11 Å². The van der Waals surface area contributed by atoms with E-state index >= 15 is 0 Å². The van der Waals surface area contributed by atoms with Crippen molar-refractivity contribution in [1.82, 2.24) is 0 Å². The minimum absolute atomic E-state index is 0.399. The molecule has 1 rings (SSSR count). The second-order valence-electron chi connectivity index (χ2n) is 3.24. The Labute approximate surface area is 94.9 Å². The number of esters is 1. The summed E-state index contributed by atoms with van der Waals surface area (Å²) in [6.07, 6.45) is -4.04. The van der Waals surface area contributed by atoms with E-state index in [2.05, 4.69) is 4.74 Å². The van der Waals surface area contributed by atoms with E-state index in [1.165, 1.54) is 0 Å². The molecule has 1 aromatic carbocycles. The normalized spacial score (nSPS) is 14.2. The first-order chi connectivity index (χ1) is 7.88. The lowest BCUT2D eigenvalue weighted by Gasteiger charge is -2.17. The summed E-state index contributed by atoms with van der Waals surface area (Å²) in [7, 11) is 0.963. The van der Waals surface area contributed by atoms with Crippen molar-refractivity contribution >= 4 is 5.97 Å². The summed E-state index contributed by atoms with van der Waals surface area (Å²) in [6.45, 7) is 0. The van der Waals surface area contributed by atoms with Gasteiger partial charge < -0.3 is 20.1 Å². The highest BCUT2D eigenvalue weighted by atomic mass is 19.1. The molecule has 0 saturated heterocycles. The summed E-state index contributed by atoms with van der Waals surface area (Å²) in [6, 6.07) is 1.01. The van der Waals surface area contributed by atoms with E-state index in [1.807, 2.05) is 0 Å². The molecule has 1 aromatic rings. The molecule has 7 heteroatoms. The van der Waals surface area contributed by atoms with Crippen molar-refractivity contribution in [3.8, 4) is 5.75 Å². The van der Waals surface area contributed by atoms with Crippen LogP contribution in [-0.4, -0.2) is 34.5 Å². The monoisotopic (exact) mass is 248 g/mol. The number of phenols is 1. The van der Waals surface area contributed by atoms with Crippen LogP contribution in [0.3, 0.4) is 0 Å². The van der Waals surface area contributed by atoms with Crippen LogP contribution in [0.1, 0.15) is 11.7 Å². The van der Waals surface area contributed by atoms with Crippen molar-refractivity contribution in [2.24, 2.45) is 0 Å². The average molecular weight is 248 g/mol. The van der Waals surface area contributed by atoms with Gasteiger partial charge in [-0.3, -0.25) is 0 Å². The first kappa shape index (κ1) is 13.3. The average Bonchev–Trinajstić information content (AvgIpc) is 2.30. The lowest BCUT2D eigenvalue weighted by atomic mass is 10.0. The third-order valence-electron chi connectivity index (χ3n) is 2.12. The molecule has 0 aliphatic rings. The van der Waals surface area contributed by atoms with E-state index in [-0.39, 0.29) is 0 Å². The molecule has 3 N–H and O–H groups in total. The van der Waals surface area contributed by atoms with Crippen LogP contribution in [-0.2, 0) is 9.53 Å². The number of phenolic OH excluding ortho intramolecular Hbond substituents is 1. The van der Waals surface area contributed by atoms with Crippen molar-refractivity contribution in [2.45, 2.75) is 12.2 Å². The molecule has 0 aromatic heterocycles. The second-order valence-corrected chi connectivity index (χ2v) is 3.24. The van der Waals surface area contributed by atoms with E-state index < -0.39 is 41.1 Å². The molecule has 0 heterocycles. The molecule has 0 bridgehead atoms. The smallest absolute Gasteiger partial charge is 0.337 e. The predicted molar refractivity (Wildman–Crippen MR) is 51.0 cm³/mol. The van der Waals surface area contributed by atoms with Crippen molar-refractivity contribution in [1.29, 1.82) is 0 Å². The van der Waals surface area contributed by atoms with E-state index in [0.29, 0.717) is 12.1 Å². The summed E-state index contributed by atoms with van der Waals surface area (Å²) in [5, 5.41) is 28.0. The number of hydrogen-bond acceptors (Lipinski definition) is 5. The van der Waals surface area contributed by atoms with Gasteiger partial charge >= 0.3 is 5.97 Å². The molecule has 94 valence electrons. The van der Waals surface area contributed by atoms with Crippen LogP contribution in [0.5, 0.6) is 5.75 Å². The maximum absolute atomic E-state index is 12.9. The number of aromatic hydroxyl groups is 1. The molecule has 2 atom stereocenters. The number of carbonyl (C=O) groups is 1. The van der Waals surface area contributed by atoms with Gasteiger partial charge in [0.05, 0.1) is 7.11 Å². The first-order valence-corrected chi connectivity index (χ1v) is 4.50. The maximum atomic E-state index is 12.9. The highest BCUT2D eigenvalue weighted by Crippen LogP contribution is 2.30. The van der Waals surface area contributed by atoms with Gasteiger partial charge in [0.1, 0.15) is 11.9 Å². The number of halogens is 2. The summed E-state index contributed by atoms with van der Waals surface area (Å²) in [4.78, 5) is 10.9. The topological polar surface area (TPSA) is 87.0 Å². The molecule has 0 amide bonds. The Morgan fingerprint density at radius 1 is 1.35 bits per heavy atom. The Kier molecular flexibility index (Phi) is 3.97. The number of hydrogen-bond donors (Lipinski definition) is 3. The standard InChI is InChI=1S/C10H10F2O5/c1-17-10(16)9(15)8(14)5-2-4(11)3-6(12)7(5)13/h2-3,8-9,13-15H,1H3. The Hall–Kier alpha value is -1.73. The molecule has 17 heavy (non-hydrogen) atoms. The molecule has 0 spiro atoms. The van der Waals surface area contributed by atoms with Crippen LogP contribution in [0.4, 0.5) is 8.78 Å². The van der Waals surface area contributed by atoms with Crippen molar-refractivity contribution in [3.05, 3.63) is 29.3 Å². The zero-order valence-corrected chi connectivity index (χ0v) is 8.72. The molecular formula is C10H10F2O5. The third kappa shape index (κ3) is 2.69. The van der Waals surface area contributed by atoms with E-state index in [4.69, 9.17) is 0 Å². The van der Waals surface area contributed by atoms with Crippen molar-refractivity contribution in [2.75, 3.05) is 7.11 Å². The van der Waals surface area contributed by atoms with Crippen LogP contribution in [0, 0.1) is 11.6 Å². The van der Waals surface area contributed by atoms with E-state index in [1.54, 1.807) is 0 Å². The molecule has 0 radical (unpaired) electrons. The number of benzene rings is 1. The van der Waals surface area contributed by atoms with Crippen LogP contribution >= 0.6 is 0 Å². The van der Waals surface area contributed by atoms with Gasteiger partial charge in [-0.05, 0) is 6.07 Å². The van der Waals surface area contributed by atoms with Crippen LogP contribution in [0.2, 0.25) is 0 Å². The molecular weight excluding hydrogens is 238 g/mol. The SMILES string of the molecule is COC(=O)C(O)C(O)c1cc(F)cc(F)c1O. The number of rotatable bonds is 3. The lowest BCUT2D eigenvalue weighted by molar-refractivity contribution is -0.156. The zero-order chi connectivity index (χ0) is 13.2. The molecule has 0 fully saturated rings. The highest BCUT2D eigenvalue weighted by Gasteiger charge is 2.29. The van der Waals surface area contributed by atoms with Gasteiger partial charge in [0.2, 0.25) is 0 Å². The van der Waals surface area contributed by atoms with Gasteiger partial charge in [-0.2, -0.15) is 0 Å². The Bertz CT molecular complexity index is 435. The fraction of sp³-hybridized carbons (Fsp3) is 0.300. The quantitative estimate of drug-likeness (QED) is 0.667. The molecule has 2 unspecified atom stereocenters. The number of aliphatic hydroxyl groups is 2. The van der Waals surface area contributed by atoms with Gasteiger partial charge in [0.25, 0.3) is 0 Å². The lowest BCUT2D eigenvalue weighted by Crippen LogP contribution is -2.29. The second kappa shape index (κ2) is 5.07. The van der Waals surface area contributed by atoms with Crippen LogP contribution in [0.25, 0.3) is 0 Å². The largest absolute Gasteiger partial charge is 0.505 e. The number of aliphatic hydroxyl groups excluding tert-OH is 2. The summed E-state index contributed by atoms with van der Waals surface area (Å²) in [5.41, 5.74) is -0.639. The summed E-state index contributed by atoms with van der Waals surface area (Å²) in [5.74, 6) is -4.61. The molecule has 0 aliphatic heterocycles. The predicted octanol–water partition coefficient (Wildman–Crippen LogP) is 0.238. The minimum atomic E-state index is -2.05. The maximum Gasteiger partial charge on any atom is 0.337 e. The van der Waals surface area contributed by atoms with E-state index in [9.17, 15) is 28.9 Å². The summed E-state index contributed by atoms with van der Waals surface area (Å²) >= 11 is 0. The van der Waals surface area contributed by atoms with Gasteiger partial charge in [-0.25, -0.2) is 13.6 Å². The summed E-state index contributed by atoms with van der Waals surface area (Å²) < 4.78 is 29.9. The van der Waals surface area contributed by atoms with Gasteiger partial charge in [-0.1, -0.05) is 0 Å². The third-order valence-corrected chi connectivity index (χ3v) is 2.12. The van der Waals surface area contributed by atoms with Gasteiger partial charge in [0.15, 0.2) is 17.7 Å². The fourth-order valence-electron chi connectivity index (χ4n) is 1.23. The Morgan fingerprint density at radius 3 is 2.47 bits per heavy atom. The molecule has 0 aliphatic carbocycles. The van der Waals surface area contributed by atoms with Crippen LogP contribution < -0.4 is 0 Å². The number of carbonyl (C=O) groups excluding carboxylic acids is 1. The Morgan fingerprint density at radius 2 is 1.94 bits per heavy atom. The Balaban J connectivity index is 3.12. The minimum Gasteiger partial charge on any atom is -0.505 e. The number of methoxy groups -OCH3 is 1. The van der Waals surface area contributed by atoms with Gasteiger partial charge in [0, 0.05) is 11.6 Å². The highest BCUT2D eigenvalue weighted by molar-refractivity contribution is 5.75. The molecule has 0 saturated carbocycles. The number of ether oxygens (including phenoxy) is 1.